The Labute approximate surface area is 167 Å². The molecule has 10 heteroatoms. The molecule has 0 aromatic carbocycles. The molecule has 1 saturated carbocycles. The van der Waals surface area contributed by atoms with Gasteiger partial charge in [-0.25, -0.2) is 18.7 Å². The Bertz CT molecular complexity index is 903. The molecule has 0 bridgehead atoms. The van der Waals surface area contributed by atoms with Crippen molar-refractivity contribution >= 4 is 11.8 Å². The number of alkyl halides is 2. The van der Waals surface area contributed by atoms with Crippen LogP contribution in [0.2, 0.25) is 0 Å². The first kappa shape index (κ1) is 20.7. The Hall–Kier alpha value is -3.06. The fourth-order valence-electron chi connectivity index (χ4n) is 2.98. The molecule has 1 aliphatic rings. The summed E-state index contributed by atoms with van der Waals surface area (Å²) >= 11 is 0. The van der Waals surface area contributed by atoms with Gasteiger partial charge in [0.05, 0.1) is 12.3 Å². The molecular weight excluding hydrogens is 382 g/mol. The minimum atomic E-state index is -2.59. The van der Waals surface area contributed by atoms with Gasteiger partial charge >= 0.3 is 0 Å². The normalized spacial score (nSPS) is 19.9. The molecule has 0 amide bonds. The van der Waals surface area contributed by atoms with Crippen LogP contribution in [-0.4, -0.2) is 45.2 Å². The van der Waals surface area contributed by atoms with Crippen LogP contribution in [0.3, 0.4) is 0 Å². The van der Waals surface area contributed by atoms with Gasteiger partial charge in [0, 0.05) is 29.8 Å². The van der Waals surface area contributed by atoms with E-state index in [-0.39, 0.29) is 35.4 Å². The van der Waals surface area contributed by atoms with Gasteiger partial charge < -0.3 is 20.5 Å². The molecule has 0 saturated heterocycles. The molecule has 3 rings (SSSR count). The summed E-state index contributed by atoms with van der Waals surface area (Å²) in [6, 6.07) is 5.38. The lowest BCUT2D eigenvalue weighted by atomic mass is 9.64. The molecule has 2 aromatic heterocycles. The van der Waals surface area contributed by atoms with Crippen LogP contribution in [-0.2, 0) is 6.54 Å². The minimum absolute atomic E-state index is 0.0278. The highest BCUT2D eigenvalue weighted by atomic mass is 19.3. The third kappa shape index (κ3) is 4.68. The van der Waals surface area contributed by atoms with Gasteiger partial charge in [-0.15, -0.1) is 0 Å². The molecule has 2 heterocycles. The molecular formula is C19H22F2N6O2. The van der Waals surface area contributed by atoms with Crippen LogP contribution >= 0.6 is 0 Å². The lowest BCUT2D eigenvalue weighted by Gasteiger charge is -2.49. The van der Waals surface area contributed by atoms with Crippen molar-refractivity contribution in [2.45, 2.75) is 45.4 Å². The van der Waals surface area contributed by atoms with Crippen molar-refractivity contribution in [3.8, 4) is 11.9 Å². The number of ether oxygens (including phenoxy) is 1. The number of aromatic nitrogens is 3. The van der Waals surface area contributed by atoms with Crippen LogP contribution in [0.1, 0.15) is 31.4 Å². The molecule has 1 fully saturated rings. The molecule has 0 radical (unpaired) electrons. The maximum Gasteiger partial charge on any atom is 0.272 e. The monoisotopic (exact) mass is 404 g/mol. The SMILES string of the molecule is CC1(C)[C@@H](O)C[C@H]1Nc1nc(NCc2cccnc2OCC(F)F)ncc1C#N. The van der Waals surface area contributed by atoms with E-state index >= 15 is 0 Å². The molecule has 0 unspecified atom stereocenters. The van der Waals surface area contributed by atoms with Gasteiger partial charge in [-0.3, -0.25) is 0 Å². The van der Waals surface area contributed by atoms with E-state index in [4.69, 9.17) is 4.74 Å². The molecule has 154 valence electrons. The van der Waals surface area contributed by atoms with E-state index in [1.807, 2.05) is 19.9 Å². The van der Waals surface area contributed by atoms with Gasteiger partial charge in [0.25, 0.3) is 6.43 Å². The number of rotatable bonds is 8. The van der Waals surface area contributed by atoms with Gasteiger partial charge in [0.15, 0.2) is 6.61 Å². The second-order valence-corrected chi connectivity index (χ2v) is 7.36. The van der Waals surface area contributed by atoms with Crippen LogP contribution in [0.5, 0.6) is 5.88 Å². The van der Waals surface area contributed by atoms with Gasteiger partial charge in [0.2, 0.25) is 11.8 Å². The molecule has 0 spiro atoms. The predicted molar refractivity (Wildman–Crippen MR) is 102 cm³/mol. The molecule has 2 aromatic rings. The Kier molecular flexibility index (Phi) is 6.08. The lowest BCUT2D eigenvalue weighted by molar-refractivity contribution is -0.0511. The fraction of sp³-hybridized carbons (Fsp3) is 0.474. The molecule has 1 aliphatic carbocycles. The first-order valence-electron chi connectivity index (χ1n) is 9.11. The number of aliphatic hydroxyl groups excluding tert-OH is 1. The van der Waals surface area contributed by atoms with E-state index in [2.05, 4.69) is 25.6 Å². The van der Waals surface area contributed by atoms with Crippen LogP contribution in [0, 0.1) is 16.7 Å². The average Bonchev–Trinajstić information content (AvgIpc) is 2.71. The third-order valence-electron chi connectivity index (χ3n) is 5.07. The largest absolute Gasteiger partial charge is 0.471 e. The number of hydrogen-bond donors (Lipinski definition) is 3. The number of nitriles is 1. The zero-order chi connectivity index (χ0) is 21.0. The summed E-state index contributed by atoms with van der Waals surface area (Å²) in [6.45, 7) is 3.34. The first-order chi connectivity index (χ1) is 13.8. The number of halogens is 2. The van der Waals surface area contributed by atoms with Crippen LogP contribution in [0.25, 0.3) is 0 Å². The third-order valence-corrected chi connectivity index (χ3v) is 5.07. The van der Waals surface area contributed by atoms with E-state index in [9.17, 15) is 19.1 Å². The number of anilines is 2. The standard InChI is InChI=1S/C19H22F2N6O2/c1-19(2)13(6-14(19)28)26-16-12(7-22)9-25-18(27-16)24-8-11-4-3-5-23-17(11)29-10-15(20)21/h3-5,9,13-15,28H,6,8,10H2,1-2H3,(H2,24,25,26,27)/t13-,14+/m1/s1. The smallest absolute Gasteiger partial charge is 0.272 e. The molecule has 3 N–H and O–H groups in total. The summed E-state index contributed by atoms with van der Waals surface area (Å²) in [7, 11) is 0. The minimum Gasteiger partial charge on any atom is -0.471 e. The summed E-state index contributed by atoms with van der Waals surface area (Å²) in [6.07, 6.45) is 0.409. The number of hydrogen-bond acceptors (Lipinski definition) is 8. The van der Waals surface area contributed by atoms with Gasteiger partial charge in [-0.05, 0) is 12.5 Å². The van der Waals surface area contributed by atoms with Gasteiger partial charge in [-0.2, -0.15) is 10.2 Å². The Morgan fingerprint density at radius 3 is 2.86 bits per heavy atom. The van der Waals surface area contributed by atoms with Crippen molar-refractivity contribution in [3.05, 3.63) is 35.7 Å². The summed E-state index contributed by atoms with van der Waals surface area (Å²) in [4.78, 5) is 12.4. The Morgan fingerprint density at radius 1 is 1.41 bits per heavy atom. The summed E-state index contributed by atoms with van der Waals surface area (Å²) in [5.74, 6) is 0.737. The number of pyridine rings is 1. The van der Waals surface area contributed by atoms with Crippen molar-refractivity contribution in [2.24, 2.45) is 5.41 Å². The highest BCUT2D eigenvalue weighted by Gasteiger charge is 2.47. The quantitative estimate of drug-likeness (QED) is 0.615. The van der Waals surface area contributed by atoms with E-state index < -0.39 is 19.1 Å². The molecule has 2 atom stereocenters. The summed E-state index contributed by atoms with van der Waals surface area (Å²) < 4.78 is 29.8. The summed E-state index contributed by atoms with van der Waals surface area (Å²) in [5, 5.41) is 25.4. The van der Waals surface area contributed by atoms with Crippen molar-refractivity contribution < 1.29 is 18.6 Å². The highest BCUT2D eigenvalue weighted by molar-refractivity contribution is 5.54. The van der Waals surface area contributed by atoms with Crippen molar-refractivity contribution in [1.29, 1.82) is 5.26 Å². The van der Waals surface area contributed by atoms with Gasteiger partial charge in [-0.1, -0.05) is 19.9 Å². The molecule has 0 aliphatic heterocycles. The van der Waals surface area contributed by atoms with Crippen LogP contribution in [0.15, 0.2) is 24.5 Å². The molecule has 29 heavy (non-hydrogen) atoms. The first-order valence-corrected chi connectivity index (χ1v) is 9.11. The maximum atomic E-state index is 12.4. The second-order valence-electron chi connectivity index (χ2n) is 7.36. The Morgan fingerprint density at radius 2 is 2.21 bits per heavy atom. The fourth-order valence-corrected chi connectivity index (χ4v) is 2.98. The number of aliphatic hydroxyl groups is 1. The van der Waals surface area contributed by atoms with E-state index in [0.29, 0.717) is 17.8 Å². The summed E-state index contributed by atoms with van der Waals surface area (Å²) in [5.41, 5.74) is 0.520. The van der Waals surface area contributed by atoms with Crippen molar-refractivity contribution in [2.75, 3.05) is 17.2 Å². The van der Waals surface area contributed by atoms with E-state index in [1.165, 1.54) is 12.4 Å². The average molecular weight is 404 g/mol. The predicted octanol–water partition coefficient (Wildman–Crippen LogP) is 2.57. The maximum absolute atomic E-state index is 12.4. The van der Waals surface area contributed by atoms with Crippen molar-refractivity contribution in [1.82, 2.24) is 15.0 Å². The van der Waals surface area contributed by atoms with Crippen LogP contribution < -0.4 is 15.4 Å². The number of nitrogens with one attached hydrogen (secondary N) is 2. The Balaban J connectivity index is 1.70. The van der Waals surface area contributed by atoms with E-state index in [0.717, 1.165) is 0 Å². The topological polar surface area (TPSA) is 116 Å². The highest BCUT2D eigenvalue weighted by Crippen LogP contribution is 2.42. The van der Waals surface area contributed by atoms with Crippen molar-refractivity contribution in [3.63, 3.8) is 0 Å². The van der Waals surface area contributed by atoms with Gasteiger partial charge in [0.1, 0.15) is 17.5 Å². The van der Waals surface area contributed by atoms with Crippen LogP contribution in [0.4, 0.5) is 20.5 Å². The zero-order valence-corrected chi connectivity index (χ0v) is 16.1. The second kappa shape index (κ2) is 8.53. The number of nitrogens with zero attached hydrogens (tertiary/aromatic N) is 4. The molecule has 8 nitrogen and oxygen atoms in total. The lowest BCUT2D eigenvalue weighted by Crippen LogP contribution is -2.57. The zero-order valence-electron chi connectivity index (χ0n) is 16.1. The van der Waals surface area contributed by atoms with E-state index in [1.54, 1.807) is 12.1 Å².